The molecule has 0 saturated carbocycles. The molecule has 6 heteroatoms. The van der Waals surface area contributed by atoms with Crippen LogP contribution in [0.4, 0.5) is 0 Å². The second-order valence-electron chi connectivity index (χ2n) is 5.71. The maximum absolute atomic E-state index is 12.3. The van der Waals surface area contributed by atoms with Gasteiger partial charge < -0.3 is 14.2 Å². The maximum atomic E-state index is 12.3. The molecule has 0 aliphatic carbocycles. The summed E-state index contributed by atoms with van der Waals surface area (Å²) in [5.74, 6) is 1.53. The number of carbonyl (C=O) groups excluding carboxylic acids is 1. The molecule has 130 valence electrons. The summed E-state index contributed by atoms with van der Waals surface area (Å²) in [6, 6.07) is 14.9. The van der Waals surface area contributed by atoms with Gasteiger partial charge in [-0.05, 0) is 42.0 Å². The fraction of sp³-hybridized carbons (Fsp3) is 0.211. The van der Waals surface area contributed by atoms with Gasteiger partial charge in [0.15, 0.2) is 0 Å². The van der Waals surface area contributed by atoms with Gasteiger partial charge >= 0.3 is 0 Å². The molecule has 1 aromatic carbocycles. The van der Waals surface area contributed by atoms with Crippen LogP contribution >= 0.6 is 11.6 Å². The third kappa shape index (κ3) is 5.52. The van der Waals surface area contributed by atoms with Crippen molar-refractivity contribution in [2.45, 2.75) is 19.6 Å². The monoisotopic (exact) mass is 358 g/mol. The SMILES string of the molecule is O=C(CN(Cc1ccco1)Cc1ccco1)NCc1cccc(Cl)c1. The highest BCUT2D eigenvalue weighted by Gasteiger charge is 2.14. The number of nitrogens with zero attached hydrogens (tertiary/aromatic N) is 1. The van der Waals surface area contributed by atoms with Crippen LogP contribution in [0.3, 0.4) is 0 Å². The predicted octanol–water partition coefficient (Wildman–Crippen LogP) is 3.84. The van der Waals surface area contributed by atoms with Crippen LogP contribution in [0.5, 0.6) is 0 Å². The highest BCUT2D eigenvalue weighted by molar-refractivity contribution is 6.30. The minimum absolute atomic E-state index is 0.0712. The first-order valence-electron chi connectivity index (χ1n) is 7.97. The highest BCUT2D eigenvalue weighted by atomic mass is 35.5. The molecule has 5 nitrogen and oxygen atoms in total. The molecule has 0 bridgehead atoms. The van der Waals surface area contributed by atoms with E-state index in [2.05, 4.69) is 5.32 Å². The lowest BCUT2D eigenvalue weighted by Gasteiger charge is -2.19. The number of amides is 1. The summed E-state index contributed by atoms with van der Waals surface area (Å²) in [5.41, 5.74) is 0.962. The summed E-state index contributed by atoms with van der Waals surface area (Å²) in [6.07, 6.45) is 3.25. The molecular formula is C19H19ClN2O3. The Bertz CT molecular complexity index is 749. The molecule has 2 aromatic heterocycles. The van der Waals surface area contributed by atoms with Crippen LogP contribution in [0, 0.1) is 0 Å². The molecule has 0 radical (unpaired) electrons. The fourth-order valence-electron chi connectivity index (χ4n) is 2.52. The number of benzene rings is 1. The molecule has 0 fully saturated rings. The topological polar surface area (TPSA) is 58.6 Å². The van der Waals surface area contributed by atoms with Gasteiger partial charge in [-0.3, -0.25) is 9.69 Å². The van der Waals surface area contributed by atoms with Crippen molar-refractivity contribution in [2.75, 3.05) is 6.54 Å². The smallest absolute Gasteiger partial charge is 0.234 e. The van der Waals surface area contributed by atoms with Crippen LogP contribution in [0.1, 0.15) is 17.1 Å². The van der Waals surface area contributed by atoms with E-state index in [4.69, 9.17) is 20.4 Å². The Kier molecular flexibility index (Phi) is 5.93. The molecule has 0 aliphatic rings. The quantitative estimate of drug-likeness (QED) is 0.664. The van der Waals surface area contributed by atoms with E-state index in [9.17, 15) is 4.79 Å². The van der Waals surface area contributed by atoms with Crippen LogP contribution < -0.4 is 5.32 Å². The Balaban J connectivity index is 1.57. The highest BCUT2D eigenvalue weighted by Crippen LogP contribution is 2.12. The molecule has 3 aromatic rings. The van der Waals surface area contributed by atoms with Gasteiger partial charge in [-0.25, -0.2) is 0 Å². The third-order valence-corrected chi connectivity index (χ3v) is 3.90. The second-order valence-corrected chi connectivity index (χ2v) is 6.15. The summed E-state index contributed by atoms with van der Waals surface area (Å²) in [7, 11) is 0. The summed E-state index contributed by atoms with van der Waals surface area (Å²) in [6.45, 7) is 1.73. The van der Waals surface area contributed by atoms with Crippen LogP contribution in [0.25, 0.3) is 0 Å². The van der Waals surface area contributed by atoms with Crippen LogP contribution in [-0.2, 0) is 24.4 Å². The first kappa shape index (κ1) is 17.3. The van der Waals surface area contributed by atoms with Crippen LogP contribution in [-0.4, -0.2) is 17.4 Å². The van der Waals surface area contributed by atoms with E-state index in [0.717, 1.165) is 17.1 Å². The number of nitrogens with one attached hydrogen (secondary N) is 1. The number of carbonyl (C=O) groups is 1. The Morgan fingerprint density at radius 2 is 1.68 bits per heavy atom. The molecule has 0 spiro atoms. The molecule has 0 unspecified atom stereocenters. The van der Waals surface area contributed by atoms with Gasteiger partial charge in [0.05, 0.1) is 32.2 Å². The van der Waals surface area contributed by atoms with Gasteiger partial charge in [0.2, 0.25) is 5.91 Å². The summed E-state index contributed by atoms with van der Waals surface area (Å²) in [4.78, 5) is 14.3. The minimum Gasteiger partial charge on any atom is -0.468 e. The van der Waals surface area contributed by atoms with Crippen molar-refractivity contribution in [1.82, 2.24) is 10.2 Å². The average Bonchev–Trinajstić information content (AvgIpc) is 3.27. The Morgan fingerprint density at radius 1 is 1.00 bits per heavy atom. The van der Waals surface area contributed by atoms with Gasteiger partial charge in [-0.15, -0.1) is 0 Å². The van der Waals surface area contributed by atoms with Crippen LogP contribution in [0.2, 0.25) is 5.02 Å². The zero-order chi connectivity index (χ0) is 17.5. The van der Waals surface area contributed by atoms with Crippen molar-refractivity contribution in [1.29, 1.82) is 0 Å². The van der Waals surface area contributed by atoms with Gasteiger partial charge in [-0.1, -0.05) is 23.7 Å². The number of halogens is 1. The summed E-state index contributed by atoms with van der Waals surface area (Å²) >= 11 is 5.96. The van der Waals surface area contributed by atoms with Crippen molar-refractivity contribution in [3.8, 4) is 0 Å². The van der Waals surface area contributed by atoms with E-state index in [-0.39, 0.29) is 12.5 Å². The first-order valence-corrected chi connectivity index (χ1v) is 8.35. The van der Waals surface area contributed by atoms with Gasteiger partial charge in [0.25, 0.3) is 0 Å². The Labute approximate surface area is 151 Å². The normalized spacial score (nSPS) is 11.0. The average molecular weight is 359 g/mol. The minimum atomic E-state index is -0.0712. The van der Waals surface area contributed by atoms with Crippen molar-refractivity contribution in [3.05, 3.63) is 83.2 Å². The van der Waals surface area contributed by atoms with Gasteiger partial charge in [0.1, 0.15) is 11.5 Å². The van der Waals surface area contributed by atoms with E-state index in [1.807, 2.05) is 47.4 Å². The van der Waals surface area contributed by atoms with E-state index in [1.165, 1.54) is 0 Å². The standard InChI is InChI=1S/C19H19ClN2O3/c20-16-5-1-4-15(10-16)11-21-19(23)14-22(12-17-6-2-8-24-17)13-18-7-3-9-25-18/h1-10H,11-14H2,(H,21,23). The molecule has 1 N–H and O–H groups in total. The van der Waals surface area contributed by atoms with E-state index in [1.54, 1.807) is 18.6 Å². The Morgan fingerprint density at radius 3 is 2.24 bits per heavy atom. The fourth-order valence-corrected chi connectivity index (χ4v) is 2.73. The van der Waals surface area contributed by atoms with Crippen LogP contribution in [0.15, 0.2) is 69.9 Å². The zero-order valence-corrected chi connectivity index (χ0v) is 14.4. The zero-order valence-electron chi connectivity index (χ0n) is 13.7. The number of furan rings is 2. The van der Waals surface area contributed by atoms with Crippen molar-refractivity contribution >= 4 is 17.5 Å². The lowest BCUT2D eigenvalue weighted by Crippen LogP contribution is -2.36. The number of hydrogen-bond donors (Lipinski definition) is 1. The molecule has 2 heterocycles. The van der Waals surface area contributed by atoms with Gasteiger partial charge in [-0.2, -0.15) is 0 Å². The molecule has 25 heavy (non-hydrogen) atoms. The first-order chi connectivity index (χ1) is 12.2. The summed E-state index contributed by atoms with van der Waals surface area (Å²) in [5, 5.41) is 3.57. The van der Waals surface area contributed by atoms with Crippen molar-refractivity contribution in [2.24, 2.45) is 0 Å². The lowest BCUT2D eigenvalue weighted by molar-refractivity contribution is -0.122. The number of rotatable bonds is 8. The third-order valence-electron chi connectivity index (χ3n) is 3.67. The van der Waals surface area contributed by atoms with Crippen molar-refractivity contribution in [3.63, 3.8) is 0 Å². The second kappa shape index (κ2) is 8.55. The largest absolute Gasteiger partial charge is 0.468 e. The molecule has 0 aliphatic heterocycles. The van der Waals surface area contributed by atoms with E-state index >= 15 is 0 Å². The lowest BCUT2D eigenvalue weighted by atomic mass is 10.2. The Hall–Kier alpha value is -2.50. The van der Waals surface area contributed by atoms with E-state index < -0.39 is 0 Å². The molecule has 0 saturated heterocycles. The maximum Gasteiger partial charge on any atom is 0.234 e. The van der Waals surface area contributed by atoms with Gasteiger partial charge in [0, 0.05) is 11.6 Å². The van der Waals surface area contributed by atoms with Crippen molar-refractivity contribution < 1.29 is 13.6 Å². The molecule has 1 amide bonds. The van der Waals surface area contributed by atoms with E-state index in [0.29, 0.717) is 24.7 Å². The molecule has 0 atom stereocenters. The summed E-state index contributed by atoms with van der Waals surface area (Å²) < 4.78 is 10.8. The molecule has 3 rings (SSSR count). The number of hydrogen-bond acceptors (Lipinski definition) is 4. The molecular weight excluding hydrogens is 340 g/mol. The predicted molar refractivity (Wildman–Crippen MR) is 94.8 cm³/mol.